The highest BCUT2D eigenvalue weighted by Crippen LogP contribution is 2.26. The van der Waals surface area contributed by atoms with Gasteiger partial charge in [0.25, 0.3) is 5.91 Å². The quantitative estimate of drug-likeness (QED) is 0.794. The molecular formula is C18H18FN5O. The van der Waals surface area contributed by atoms with Gasteiger partial charge in [-0.3, -0.25) is 9.78 Å². The van der Waals surface area contributed by atoms with E-state index in [1.165, 1.54) is 30.7 Å². The molecule has 6 nitrogen and oxygen atoms in total. The third-order valence-corrected chi connectivity index (χ3v) is 3.59. The molecule has 0 aliphatic carbocycles. The average Bonchev–Trinajstić information content (AvgIpc) is 3.00. The summed E-state index contributed by atoms with van der Waals surface area (Å²) in [6, 6.07) is 7.71. The zero-order chi connectivity index (χ0) is 18.0. The highest BCUT2D eigenvalue weighted by Gasteiger charge is 2.22. The highest BCUT2D eigenvalue weighted by atomic mass is 19.1. The van der Waals surface area contributed by atoms with Crippen molar-refractivity contribution in [1.29, 1.82) is 0 Å². The zero-order valence-electron chi connectivity index (χ0n) is 14.2. The SMILES string of the molecule is CC(C)(C)c1cc(NC(=O)c2cnccn2)n(-c2ccc(F)cc2)n1. The Morgan fingerprint density at radius 2 is 1.88 bits per heavy atom. The van der Waals surface area contributed by atoms with Crippen LogP contribution in [0.5, 0.6) is 0 Å². The summed E-state index contributed by atoms with van der Waals surface area (Å²) in [6.07, 6.45) is 4.34. The van der Waals surface area contributed by atoms with Crippen molar-refractivity contribution in [2.24, 2.45) is 0 Å². The molecule has 1 N–H and O–H groups in total. The lowest BCUT2D eigenvalue weighted by molar-refractivity contribution is 0.102. The number of carbonyl (C=O) groups is 1. The predicted molar refractivity (Wildman–Crippen MR) is 92.2 cm³/mol. The largest absolute Gasteiger partial charge is 0.305 e. The number of halogens is 1. The van der Waals surface area contributed by atoms with Crippen molar-refractivity contribution < 1.29 is 9.18 Å². The lowest BCUT2D eigenvalue weighted by Crippen LogP contribution is -2.16. The number of benzene rings is 1. The number of nitrogens with one attached hydrogen (secondary N) is 1. The summed E-state index contributed by atoms with van der Waals surface area (Å²) in [5.41, 5.74) is 1.43. The fourth-order valence-electron chi connectivity index (χ4n) is 2.21. The molecule has 0 atom stereocenters. The van der Waals surface area contributed by atoms with Crippen molar-refractivity contribution in [3.05, 3.63) is 66.1 Å². The monoisotopic (exact) mass is 339 g/mol. The van der Waals surface area contributed by atoms with Crippen LogP contribution in [-0.2, 0) is 5.41 Å². The van der Waals surface area contributed by atoms with Gasteiger partial charge in [-0.05, 0) is 24.3 Å². The maximum Gasteiger partial charge on any atom is 0.277 e. The van der Waals surface area contributed by atoms with Crippen LogP contribution in [0.4, 0.5) is 10.2 Å². The topological polar surface area (TPSA) is 72.7 Å². The molecular weight excluding hydrogens is 321 g/mol. The molecule has 0 saturated heterocycles. The maximum atomic E-state index is 13.2. The van der Waals surface area contributed by atoms with Crippen LogP contribution in [0.1, 0.15) is 37.0 Å². The Kier molecular flexibility index (Phi) is 4.31. The van der Waals surface area contributed by atoms with E-state index in [1.54, 1.807) is 22.9 Å². The molecule has 3 rings (SSSR count). The number of aromatic nitrogens is 4. The highest BCUT2D eigenvalue weighted by molar-refractivity contribution is 6.02. The molecule has 0 bridgehead atoms. The molecule has 3 aromatic rings. The van der Waals surface area contributed by atoms with E-state index in [2.05, 4.69) is 20.4 Å². The molecule has 0 saturated carbocycles. The van der Waals surface area contributed by atoms with Gasteiger partial charge < -0.3 is 5.32 Å². The lowest BCUT2D eigenvalue weighted by Gasteiger charge is -2.14. The fourth-order valence-corrected chi connectivity index (χ4v) is 2.21. The van der Waals surface area contributed by atoms with Crippen molar-refractivity contribution in [2.45, 2.75) is 26.2 Å². The van der Waals surface area contributed by atoms with Gasteiger partial charge in [-0.1, -0.05) is 20.8 Å². The van der Waals surface area contributed by atoms with Gasteiger partial charge >= 0.3 is 0 Å². The molecule has 2 aromatic heterocycles. The van der Waals surface area contributed by atoms with Crippen molar-refractivity contribution in [3.63, 3.8) is 0 Å². The molecule has 0 radical (unpaired) electrons. The van der Waals surface area contributed by atoms with E-state index >= 15 is 0 Å². The first-order valence-corrected chi connectivity index (χ1v) is 7.78. The van der Waals surface area contributed by atoms with Gasteiger partial charge in [-0.25, -0.2) is 14.1 Å². The molecule has 0 aliphatic rings. The number of amides is 1. The van der Waals surface area contributed by atoms with Crippen LogP contribution in [-0.4, -0.2) is 25.7 Å². The van der Waals surface area contributed by atoms with Gasteiger partial charge in [0.15, 0.2) is 0 Å². The fraction of sp³-hybridized carbons (Fsp3) is 0.222. The van der Waals surface area contributed by atoms with Crippen LogP contribution in [0.2, 0.25) is 0 Å². The summed E-state index contributed by atoms with van der Waals surface area (Å²) < 4.78 is 14.8. The van der Waals surface area contributed by atoms with Crippen molar-refractivity contribution in [2.75, 3.05) is 5.32 Å². The number of hydrogen-bond donors (Lipinski definition) is 1. The van der Waals surface area contributed by atoms with E-state index in [1.807, 2.05) is 20.8 Å². The van der Waals surface area contributed by atoms with Gasteiger partial charge in [0.1, 0.15) is 17.3 Å². The smallest absolute Gasteiger partial charge is 0.277 e. The number of nitrogens with zero attached hydrogens (tertiary/aromatic N) is 4. The van der Waals surface area contributed by atoms with E-state index < -0.39 is 5.91 Å². The Morgan fingerprint density at radius 3 is 2.48 bits per heavy atom. The minimum atomic E-state index is -0.392. The van der Waals surface area contributed by atoms with Gasteiger partial charge in [-0.15, -0.1) is 0 Å². The summed E-state index contributed by atoms with van der Waals surface area (Å²) in [6.45, 7) is 6.08. The molecule has 1 amide bonds. The average molecular weight is 339 g/mol. The predicted octanol–water partition coefficient (Wildman–Crippen LogP) is 3.35. The van der Waals surface area contributed by atoms with Crippen LogP contribution in [0.3, 0.4) is 0 Å². The standard InChI is InChI=1S/C18H18FN5O/c1-18(2,3)15-10-16(22-17(25)14-11-20-8-9-21-14)24(23-15)13-6-4-12(19)5-7-13/h4-11H,1-3H3,(H,22,25). The molecule has 0 fully saturated rings. The van der Waals surface area contributed by atoms with Gasteiger partial charge in [0.2, 0.25) is 0 Å². The minimum absolute atomic E-state index is 0.201. The number of anilines is 1. The van der Waals surface area contributed by atoms with E-state index in [-0.39, 0.29) is 16.9 Å². The first-order valence-electron chi connectivity index (χ1n) is 7.78. The lowest BCUT2D eigenvalue weighted by atomic mass is 9.92. The molecule has 25 heavy (non-hydrogen) atoms. The summed E-state index contributed by atoms with van der Waals surface area (Å²) in [5, 5.41) is 7.37. The van der Waals surface area contributed by atoms with E-state index in [0.29, 0.717) is 11.5 Å². The minimum Gasteiger partial charge on any atom is -0.305 e. The van der Waals surface area contributed by atoms with Crippen LogP contribution in [0.15, 0.2) is 48.9 Å². The Morgan fingerprint density at radius 1 is 1.16 bits per heavy atom. The van der Waals surface area contributed by atoms with Gasteiger partial charge in [0, 0.05) is 23.9 Å². The number of rotatable bonds is 3. The van der Waals surface area contributed by atoms with Crippen LogP contribution in [0, 0.1) is 5.82 Å². The summed E-state index contributed by atoms with van der Waals surface area (Å²) in [4.78, 5) is 20.3. The third-order valence-electron chi connectivity index (χ3n) is 3.59. The maximum absolute atomic E-state index is 13.2. The van der Waals surface area contributed by atoms with E-state index in [9.17, 15) is 9.18 Å². The Bertz CT molecular complexity index is 882. The normalized spacial score (nSPS) is 11.4. The Hall–Kier alpha value is -3.09. The molecule has 2 heterocycles. The number of hydrogen-bond acceptors (Lipinski definition) is 4. The summed E-state index contributed by atoms with van der Waals surface area (Å²) in [5.74, 6) is -0.249. The molecule has 0 spiro atoms. The van der Waals surface area contributed by atoms with Crippen LogP contribution < -0.4 is 5.32 Å². The molecule has 7 heteroatoms. The molecule has 1 aromatic carbocycles. The molecule has 0 aliphatic heterocycles. The van der Waals surface area contributed by atoms with Gasteiger partial charge in [-0.2, -0.15) is 5.10 Å². The van der Waals surface area contributed by atoms with E-state index in [4.69, 9.17) is 0 Å². The van der Waals surface area contributed by atoms with E-state index in [0.717, 1.165) is 5.69 Å². The third kappa shape index (κ3) is 3.71. The Labute approximate surface area is 144 Å². The molecule has 128 valence electrons. The Balaban J connectivity index is 2.00. The van der Waals surface area contributed by atoms with Crippen molar-refractivity contribution in [3.8, 4) is 5.69 Å². The van der Waals surface area contributed by atoms with Crippen molar-refractivity contribution in [1.82, 2.24) is 19.7 Å². The summed E-state index contributed by atoms with van der Waals surface area (Å²) >= 11 is 0. The molecule has 0 unspecified atom stereocenters. The zero-order valence-corrected chi connectivity index (χ0v) is 14.2. The number of carbonyl (C=O) groups excluding carboxylic acids is 1. The van der Waals surface area contributed by atoms with Gasteiger partial charge in [0.05, 0.1) is 17.6 Å². The summed E-state index contributed by atoms with van der Waals surface area (Å²) in [7, 11) is 0. The van der Waals surface area contributed by atoms with Crippen molar-refractivity contribution >= 4 is 11.7 Å². The van der Waals surface area contributed by atoms with Crippen LogP contribution in [0.25, 0.3) is 5.69 Å². The first-order chi connectivity index (χ1) is 11.8. The first kappa shape index (κ1) is 16.8. The van der Waals surface area contributed by atoms with Crippen LogP contribution >= 0.6 is 0 Å². The second-order valence-corrected chi connectivity index (χ2v) is 6.60. The second kappa shape index (κ2) is 6.43. The second-order valence-electron chi connectivity index (χ2n) is 6.60.